The molecule has 0 aliphatic carbocycles. The van der Waals surface area contributed by atoms with Crippen LogP contribution in [0, 0.1) is 0 Å². The number of hydrogen-bond acceptors (Lipinski definition) is 3. The van der Waals surface area contributed by atoms with Gasteiger partial charge in [-0.25, -0.2) is 0 Å². The molecule has 3 rings (SSSR count). The summed E-state index contributed by atoms with van der Waals surface area (Å²) in [6, 6.07) is 12.9. The Bertz CT molecular complexity index is 518. The summed E-state index contributed by atoms with van der Waals surface area (Å²) in [5.41, 5.74) is 1.35. The predicted octanol–water partition coefficient (Wildman–Crippen LogP) is 3.83. The largest absolute Gasteiger partial charge is 0.369 e. The molecule has 0 amide bonds. The van der Waals surface area contributed by atoms with Crippen molar-refractivity contribution in [3.05, 3.63) is 51.1 Å². The molecule has 1 saturated heterocycles. The highest BCUT2D eigenvalue weighted by molar-refractivity contribution is 9.10. The molecule has 0 unspecified atom stereocenters. The molecule has 2 aromatic rings. The molecule has 100 valence electrons. The standard InChI is InChI=1S/C15H17BrN2S/c16-13-10-15(19-12-13)11-17-6-8-18(9-7-17)14-4-2-1-3-5-14/h1-5,10,12H,6-9,11H2. The smallest absolute Gasteiger partial charge is 0.0367 e. The fourth-order valence-electron chi connectivity index (χ4n) is 2.46. The predicted molar refractivity (Wildman–Crippen MR) is 86.0 cm³/mol. The van der Waals surface area contributed by atoms with Crippen LogP contribution in [0.15, 0.2) is 46.3 Å². The number of hydrogen-bond donors (Lipinski definition) is 0. The van der Waals surface area contributed by atoms with Gasteiger partial charge in [0.05, 0.1) is 0 Å². The van der Waals surface area contributed by atoms with Gasteiger partial charge in [0.2, 0.25) is 0 Å². The van der Waals surface area contributed by atoms with Crippen LogP contribution in [0.5, 0.6) is 0 Å². The Kier molecular flexibility index (Phi) is 4.21. The number of thiophene rings is 1. The summed E-state index contributed by atoms with van der Waals surface area (Å²) in [7, 11) is 0. The van der Waals surface area contributed by atoms with Crippen LogP contribution in [0.4, 0.5) is 5.69 Å². The van der Waals surface area contributed by atoms with Gasteiger partial charge < -0.3 is 4.90 Å². The van der Waals surface area contributed by atoms with Gasteiger partial charge in [-0.05, 0) is 34.1 Å². The average Bonchev–Trinajstić information content (AvgIpc) is 2.86. The Balaban J connectivity index is 1.55. The van der Waals surface area contributed by atoms with Crippen LogP contribution in [0.25, 0.3) is 0 Å². The van der Waals surface area contributed by atoms with Crippen molar-refractivity contribution in [2.45, 2.75) is 6.54 Å². The van der Waals surface area contributed by atoms with Crippen LogP contribution < -0.4 is 4.90 Å². The van der Waals surface area contributed by atoms with Crippen molar-refractivity contribution in [1.29, 1.82) is 0 Å². The number of nitrogens with zero attached hydrogens (tertiary/aromatic N) is 2. The summed E-state index contributed by atoms with van der Waals surface area (Å²) in [4.78, 5) is 6.46. The van der Waals surface area contributed by atoms with Crippen molar-refractivity contribution in [1.82, 2.24) is 4.90 Å². The first-order chi connectivity index (χ1) is 9.31. The molecule has 1 aliphatic heterocycles. The molecule has 2 nitrogen and oxygen atoms in total. The number of piperazine rings is 1. The molecule has 1 aromatic heterocycles. The van der Waals surface area contributed by atoms with Gasteiger partial charge >= 0.3 is 0 Å². The monoisotopic (exact) mass is 336 g/mol. The van der Waals surface area contributed by atoms with Crippen molar-refractivity contribution in [2.24, 2.45) is 0 Å². The number of halogens is 1. The minimum Gasteiger partial charge on any atom is -0.369 e. The van der Waals surface area contributed by atoms with E-state index in [2.05, 4.69) is 67.5 Å². The average molecular weight is 337 g/mol. The maximum Gasteiger partial charge on any atom is 0.0367 e. The molecule has 0 N–H and O–H groups in total. The highest BCUT2D eigenvalue weighted by Gasteiger charge is 2.17. The molecular weight excluding hydrogens is 320 g/mol. The molecular formula is C15H17BrN2S. The van der Waals surface area contributed by atoms with Crippen LogP contribution >= 0.6 is 27.3 Å². The zero-order valence-corrected chi connectivity index (χ0v) is 13.2. The van der Waals surface area contributed by atoms with E-state index in [-0.39, 0.29) is 0 Å². The lowest BCUT2D eigenvalue weighted by Crippen LogP contribution is -2.45. The lowest BCUT2D eigenvalue weighted by atomic mass is 10.2. The third kappa shape index (κ3) is 3.38. The highest BCUT2D eigenvalue weighted by Crippen LogP contribution is 2.22. The van der Waals surface area contributed by atoms with Crippen LogP contribution in [-0.4, -0.2) is 31.1 Å². The van der Waals surface area contributed by atoms with E-state index in [1.807, 2.05) is 11.3 Å². The van der Waals surface area contributed by atoms with Gasteiger partial charge in [0.25, 0.3) is 0 Å². The lowest BCUT2D eigenvalue weighted by Gasteiger charge is -2.35. The second-order valence-corrected chi connectivity index (χ2v) is 6.74. The Morgan fingerprint density at radius 1 is 1.05 bits per heavy atom. The summed E-state index contributed by atoms with van der Waals surface area (Å²) in [5.74, 6) is 0. The Hall–Kier alpha value is -0.840. The maximum absolute atomic E-state index is 3.52. The van der Waals surface area contributed by atoms with Crippen LogP contribution in [0.2, 0.25) is 0 Å². The zero-order chi connectivity index (χ0) is 13.1. The number of rotatable bonds is 3. The third-order valence-corrected chi connectivity index (χ3v) is 5.18. The molecule has 0 radical (unpaired) electrons. The summed E-state index contributed by atoms with van der Waals surface area (Å²) in [6.07, 6.45) is 0. The molecule has 4 heteroatoms. The van der Waals surface area contributed by atoms with Crippen LogP contribution in [-0.2, 0) is 6.54 Å². The fourth-order valence-corrected chi connectivity index (χ4v) is 3.95. The molecule has 0 saturated carbocycles. The highest BCUT2D eigenvalue weighted by atomic mass is 79.9. The van der Waals surface area contributed by atoms with E-state index in [0.717, 1.165) is 32.7 Å². The van der Waals surface area contributed by atoms with Gasteiger partial charge in [-0.3, -0.25) is 4.90 Å². The van der Waals surface area contributed by atoms with Gasteiger partial charge in [0.1, 0.15) is 0 Å². The summed E-state index contributed by atoms with van der Waals surface area (Å²) < 4.78 is 1.20. The van der Waals surface area contributed by atoms with Crippen LogP contribution in [0.1, 0.15) is 4.88 Å². The van der Waals surface area contributed by atoms with Crippen LogP contribution in [0.3, 0.4) is 0 Å². The minimum absolute atomic E-state index is 1.08. The maximum atomic E-state index is 3.52. The Morgan fingerprint density at radius 2 is 1.79 bits per heavy atom. The van der Waals surface area contributed by atoms with E-state index in [4.69, 9.17) is 0 Å². The van der Waals surface area contributed by atoms with Crippen molar-refractivity contribution in [3.63, 3.8) is 0 Å². The first kappa shape index (κ1) is 13.2. The quantitative estimate of drug-likeness (QED) is 0.840. The molecule has 0 spiro atoms. The van der Waals surface area contributed by atoms with E-state index in [1.165, 1.54) is 15.0 Å². The summed E-state index contributed by atoms with van der Waals surface area (Å²) >= 11 is 5.36. The molecule has 0 bridgehead atoms. The number of para-hydroxylation sites is 1. The minimum atomic E-state index is 1.08. The third-order valence-electron chi connectivity index (χ3n) is 3.49. The van der Waals surface area contributed by atoms with Crippen molar-refractivity contribution < 1.29 is 0 Å². The number of anilines is 1. The number of benzene rings is 1. The summed E-state index contributed by atoms with van der Waals surface area (Å²) in [5, 5.41) is 2.16. The van der Waals surface area contributed by atoms with E-state index in [0.29, 0.717) is 0 Å². The van der Waals surface area contributed by atoms with Gasteiger partial charge in [-0.1, -0.05) is 18.2 Å². The van der Waals surface area contributed by atoms with Gasteiger partial charge in [0, 0.05) is 53.1 Å². The second kappa shape index (κ2) is 6.07. The lowest BCUT2D eigenvalue weighted by molar-refractivity contribution is 0.252. The molecule has 19 heavy (non-hydrogen) atoms. The van der Waals surface area contributed by atoms with E-state index >= 15 is 0 Å². The van der Waals surface area contributed by atoms with Gasteiger partial charge in [-0.2, -0.15) is 0 Å². The van der Waals surface area contributed by atoms with Crippen molar-refractivity contribution in [3.8, 4) is 0 Å². The fraction of sp³-hybridized carbons (Fsp3) is 0.333. The molecule has 1 aliphatic rings. The van der Waals surface area contributed by atoms with Gasteiger partial charge in [0.15, 0.2) is 0 Å². The molecule has 0 atom stereocenters. The first-order valence-electron chi connectivity index (χ1n) is 6.56. The van der Waals surface area contributed by atoms with Gasteiger partial charge in [-0.15, -0.1) is 11.3 Å². The van der Waals surface area contributed by atoms with Crippen molar-refractivity contribution in [2.75, 3.05) is 31.1 Å². The zero-order valence-electron chi connectivity index (χ0n) is 10.8. The SMILES string of the molecule is Brc1csc(CN2CCN(c3ccccc3)CC2)c1. The van der Waals surface area contributed by atoms with Crippen molar-refractivity contribution >= 4 is 33.0 Å². The Morgan fingerprint density at radius 3 is 2.42 bits per heavy atom. The second-order valence-electron chi connectivity index (χ2n) is 4.83. The molecule has 1 fully saturated rings. The molecule has 1 aromatic carbocycles. The van der Waals surface area contributed by atoms with E-state index < -0.39 is 0 Å². The summed E-state index contributed by atoms with van der Waals surface area (Å²) in [6.45, 7) is 5.61. The van der Waals surface area contributed by atoms with E-state index in [1.54, 1.807) is 0 Å². The normalized spacial score (nSPS) is 16.8. The molecule has 2 heterocycles. The Labute approximate surface area is 126 Å². The topological polar surface area (TPSA) is 6.48 Å². The first-order valence-corrected chi connectivity index (χ1v) is 8.24. The van der Waals surface area contributed by atoms with E-state index in [9.17, 15) is 0 Å².